The van der Waals surface area contributed by atoms with Crippen molar-refractivity contribution in [3.8, 4) is 0 Å². The van der Waals surface area contributed by atoms with Crippen LogP contribution in [0.3, 0.4) is 0 Å². The molecule has 0 aliphatic carbocycles. The quantitative estimate of drug-likeness (QED) is 0.775. The van der Waals surface area contributed by atoms with Crippen LogP contribution in [-0.2, 0) is 17.8 Å². The summed E-state index contributed by atoms with van der Waals surface area (Å²) >= 11 is 0. The summed E-state index contributed by atoms with van der Waals surface area (Å²) in [6.07, 6.45) is 2.35. The summed E-state index contributed by atoms with van der Waals surface area (Å²) in [5.41, 5.74) is 2.89. The van der Waals surface area contributed by atoms with Crippen LogP contribution in [0.4, 0.5) is 0 Å². The lowest BCUT2D eigenvalue weighted by Crippen LogP contribution is -2.44. The maximum Gasteiger partial charge on any atom is 0.0622 e. The lowest BCUT2D eigenvalue weighted by Gasteiger charge is -2.35. The first-order chi connectivity index (χ1) is 9.85. The molecule has 112 valence electrons. The van der Waals surface area contributed by atoms with E-state index >= 15 is 0 Å². The summed E-state index contributed by atoms with van der Waals surface area (Å²) in [5, 5.41) is 3.51. The first-order valence-electron chi connectivity index (χ1n) is 7.94. The Kier molecular flexibility index (Phi) is 6.51. The highest BCUT2D eigenvalue weighted by Gasteiger charge is 2.21. The molecule has 20 heavy (non-hydrogen) atoms. The highest BCUT2D eigenvalue weighted by molar-refractivity contribution is 5.27. The fraction of sp³-hybridized carbons (Fsp3) is 0.647. The van der Waals surface area contributed by atoms with E-state index in [1.54, 1.807) is 0 Å². The number of ether oxygens (including phenoxy) is 1. The predicted octanol–water partition coefficient (Wildman–Crippen LogP) is 2.80. The highest BCUT2D eigenvalue weighted by atomic mass is 16.5. The SMILES string of the molecule is CCCNCc1ccccc1CN1CCOCC1CC. The zero-order chi connectivity index (χ0) is 14.2. The molecule has 0 amide bonds. The van der Waals surface area contributed by atoms with Gasteiger partial charge >= 0.3 is 0 Å². The lowest BCUT2D eigenvalue weighted by atomic mass is 10.0. The van der Waals surface area contributed by atoms with E-state index in [1.165, 1.54) is 17.5 Å². The van der Waals surface area contributed by atoms with Gasteiger partial charge in [-0.2, -0.15) is 0 Å². The van der Waals surface area contributed by atoms with Crippen molar-refractivity contribution in [2.75, 3.05) is 26.3 Å². The zero-order valence-corrected chi connectivity index (χ0v) is 12.9. The Morgan fingerprint density at radius 2 is 2.05 bits per heavy atom. The molecule has 1 heterocycles. The Balaban J connectivity index is 2.00. The molecule has 0 radical (unpaired) electrons. The monoisotopic (exact) mass is 276 g/mol. The van der Waals surface area contributed by atoms with Crippen LogP contribution in [-0.4, -0.2) is 37.2 Å². The number of hydrogen-bond donors (Lipinski definition) is 1. The number of nitrogens with one attached hydrogen (secondary N) is 1. The van der Waals surface area contributed by atoms with Crippen LogP contribution in [0.15, 0.2) is 24.3 Å². The van der Waals surface area contributed by atoms with E-state index < -0.39 is 0 Å². The van der Waals surface area contributed by atoms with Crippen LogP contribution in [0.25, 0.3) is 0 Å². The van der Waals surface area contributed by atoms with Crippen molar-refractivity contribution >= 4 is 0 Å². The highest BCUT2D eigenvalue weighted by Crippen LogP contribution is 2.17. The van der Waals surface area contributed by atoms with Crippen LogP contribution >= 0.6 is 0 Å². The molecule has 1 aromatic rings. The van der Waals surface area contributed by atoms with Gasteiger partial charge in [-0.1, -0.05) is 38.1 Å². The minimum absolute atomic E-state index is 0.570. The van der Waals surface area contributed by atoms with Gasteiger partial charge in [0.1, 0.15) is 0 Å². The molecule has 1 aliphatic heterocycles. The zero-order valence-electron chi connectivity index (χ0n) is 12.9. The molecule has 3 nitrogen and oxygen atoms in total. The Morgan fingerprint density at radius 3 is 2.80 bits per heavy atom. The van der Waals surface area contributed by atoms with Gasteiger partial charge in [-0.05, 0) is 30.5 Å². The van der Waals surface area contributed by atoms with E-state index in [2.05, 4.69) is 48.3 Å². The van der Waals surface area contributed by atoms with E-state index in [9.17, 15) is 0 Å². The first-order valence-corrected chi connectivity index (χ1v) is 7.94. The van der Waals surface area contributed by atoms with Gasteiger partial charge in [0.05, 0.1) is 13.2 Å². The van der Waals surface area contributed by atoms with Crippen molar-refractivity contribution < 1.29 is 4.74 Å². The molecule has 0 saturated carbocycles. The van der Waals surface area contributed by atoms with E-state index in [0.29, 0.717) is 6.04 Å². The van der Waals surface area contributed by atoms with E-state index in [-0.39, 0.29) is 0 Å². The number of benzene rings is 1. The second-order valence-electron chi connectivity index (χ2n) is 5.55. The largest absolute Gasteiger partial charge is 0.378 e. The minimum atomic E-state index is 0.570. The molecular formula is C17H28N2O. The molecule has 1 N–H and O–H groups in total. The van der Waals surface area contributed by atoms with Gasteiger partial charge in [0.15, 0.2) is 0 Å². The average molecular weight is 276 g/mol. The Labute approximate surface area is 123 Å². The van der Waals surface area contributed by atoms with Gasteiger partial charge < -0.3 is 10.1 Å². The van der Waals surface area contributed by atoms with Gasteiger partial charge in [-0.3, -0.25) is 4.90 Å². The van der Waals surface area contributed by atoms with Gasteiger partial charge in [-0.25, -0.2) is 0 Å². The molecule has 1 fully saturated rings. The third-order valence-electron chi connectivity index (χ3n) is 4.05. The summed E-state index contributed by atoms with van der Waals surface area (Å²) in [7, 11) is 0. The maximum atomic E-state index is 5.60. The standard InChI is InChI=1S/C17H28N2O/c1-3-9-18-12-15-7-5-6-8-16(15)13-19-10-11-20-14-17(19)4-2/h5-8,17-18H,3-4,9-14H2,1-2H3. The molecule has 0 spiro atoms. The van der Waals surface area contributed by atoms with E-state index in [0.717, 1.165) is 45.8 Å². The average Bonchev–Trinajstić information content (AvgIpc) is 2.50. The molecule has 0 bridgehead atoms. The van der Waals surface area contributed by atoms with Crippen molar-refractivity contribution in [2.45, 2.75) is 45.8 Å². The summed E-state index contributed by atoms with van der Waals surface area (Å²) in [6.45, 7) is 10.4. The predicted molar refractivity (Wildman–Crippen MR) is 83.7 cm³/mol. The number of nitrogens with zero attached hydrogens (tertiary/aromatic N) is 1. The molecule has 3 heteroatoms. The van der Waals surface area contributed by atoms with Gasteiger partial charge in [-0.15, -0.1) is 0 Å². The van der Waals surface area contributed by atoms with E-state index in [4.69, 9.17) is 4.74 Å². The smallest absolute Gasteiger partial charge is 0.0622 e. The van der Waals surface area contributed by atoms with Gasteiger partial charge in [0.25, 0.3) is 0 Å². The molecule has 1 aliphatic rings. The topological polar surface area (TPSA) is 24.5 Å². The van der Waals surface area contributed by atoms with Crippen LogP contribution in [0.2, 0.25) is 0 Å². The van der Waals surface area contributed by atoms with Crippen molar-refractivity contribution in [3.05, 3.63) is 35.4 Å². The normalized spacial score (nSPS) is 20.2. The summed E-state index contributed by atoms with van der Waals surface area (Å²) < 4.78 is 5.60. The summed E-state index contributed by atoms with van der Waals surface area (Å²) in [5.74, 6) is 0. The number of rotatable bonds is 7. The number of morpholine rings is 1. The molecular weight excluding hydrogens is 248 g/mol. The summed E-state index contributed by atoms with van der Waals surface area (Å²) in [6, 6.07) is 9.38. The molecule has 1 aromatic carbocycles. The van der Waals surface area contributed by atoms with Gasteiger partial charge in [0, 0.05) is 25.7 Å². The van der Waals surface area contributed by atoms with Crippen molar-refractivity contribution in [2.24, 2.45) is 0 Å². The van der Waals surface area contributed by atoms with Gasteiger partial charge in [0.2, 0.25) is 0 Å². The molecule has 1 unspecified atom stereocenters. The molecule has 0 aromatic heterocycles. The first kappa shape index (κ1) is 15.5. The van der Waals surface area contributed by atoms with Crippen LogP contribution < -0.4 is 5.32 Å². The van der Waals surface area contributed by atoms with Crippen molar-refractivity contribution in [3.63, 3.8) is 0 Å². The third kappa shape index (κ3) is 4.30. The molecule has 1 atom stereocenters. The number of hydrogen-bond acceptors (Lipinski definition) is 3. The fourth-order valence-electron chi connectivity index (χ4n) is 2.78. The van der Waals surface area contributed by atoms with Crippen LogP contribution in [0.1, 0.15) is 37.8 Å². The van der Waals surface area contributed by atoms with Crippen molar-refractivity contribution in [1.82, 2.24) is 10.2 Å². The van der Waals surface area contributed by atoms with Crippen LogP contribution in [0, 0.1) is 0 Å². The fourth-order valence-corrected chi connectivity index (χ4v) is 2.78. The lowest BCUT2D eigenvalue weighted by molar-refractivity contribution is -0.0128. The van der Waals surface area contributed by atoms with Crippen molar-refractivity contribution in [1.29, 1.82) is 0 Å². The molecule has 1 saturated heterocycles. The summed E-state index contributed by atoms with van der Waals surface area (Å²) in [4.78, 5) is 2.57. The van der Waals surface area contributed by atoms with Crippen LogP contribution in [0.5, 0.6) is 0 Å². The Hall–Kier alpha value is -0.900. The molecule has 2 rings (SSSR count). The van der Waals surface area contributed by atoms with E-state index in [1.807, 2.05) is 0 Å². The maximum absolute atomic E-state index is 5.60. The Morgan fingerprint density at radius 1 is 1.25 bits per heavy atom. The Bertz CT molecular complexity index is 394. The minimum Gasteiger partial charge on any atom is -0.378 e. The second kappa shape index (κ2) is 8.40. The second-order valence-corrected chi connectivity index (χ2v) is 5.55. The third-order valence-corrected chi connectivity index (χ3v) is 4.05.